The average Bonchev–Trinajstić information content (AvgIpc) is 1.47. The third kappa shape index (κ3) is 42.1. The Balaban J connectivity index is -0.000000124. The van der Waals surface area contributed by atoms with Gasteiger partial charge in [-0.1, -0.05) is 136 Å². The number of esters is 1. The number of ether oxygens (including phenoxy) is 9. The second kappa shape index (κ2) is 61.4. The van der Waals surface area contributed by atoms with Gasteiger partial charge in [-0.05, 0) is 67.7 Å². The Morgan fingerprint density at radius 2 is 0.897 bits per heavy atom. The fraction of sp³-hybridized carbons (Fsp3) is 0.750. The number of aliphatic hydroxyl groups excluding tert-OH is 6. The molecule has 0 saturated carbocycles. The number of carbonyl (C=O) groups is 3. The standard InChI is InChI=1S/C20H30O4.C8H8Br2.C7H12O4.C6H14O3.2C6H12O2.C4H8O2.CH2O3.CH5P.CH4.2K.Na.H2O.H2.H/c1-3-19(13-23-14-19)11-21-9-17-5-7-18(8-6-17)10-22-12-20(4-2)15-24-16-20;9-5-7-1-2-8(6-10)4-3-7;1-2-7(3-8)4-10-6(9)11-5-7;1-2-6(3-7,4-8)5-9;2*1-2-6(3-7)4-8-5-6;1-3-6-4(2)5;2-1-4-3;1-2;;;;;;;/h5-8H,3-4,9-16H2,1-2H3;1-4H,5-6H2;8H,2-5H2,1H3;7-9H,2-5H2,1H3;2*7H,2-5H2,1H3;3H2,1-2H3;1,3H;2H2,1H3;1H4;;;;1H2;1H;/q;;;;;;;;;;3*+1;;;-1/p-2/i;;;;;;;;2T;;;;;;1+1;. The molecule has 1 unspecified atom stereocenters. The smallest absolute Gasteiger partial charge is 1.00 e. The van der Waals surface area contributed by atoms with Crippen LogP contribution in [0.3, 0.4) is 0 Å². The van der Waals surface area contributed by atoms with Crippen LogP contribution in [0.15, 0.2) is 48.5 Å². The first-order chi connectivity index (χ1) is 39.8. The van der Waals surface area contributed by atoms with Crippen molar-refractivity contribution in [2.45, 2.75) is 125 Å². The van der Waals surface area contributed by atoms with Crippen molar-refractivity contribution in [1.82, 2.24) is 0 Å². The Morgan fingerprint density at radius 3 is 1.03 bits per heavy atom. The zero-order valence-electron chi connectivity index (χ0n) is 55.8. The van der Waals surface area contributed by atoms with Gasteiger partial charge in [-0.25, -0.2) is 4.79 Å². The van der Waals surface area contributed by atoms with Crippen molar-refractivity contribution in [3.63, 3.8) is 0 Å². The molecular formula is C60H110Br2K2NaO21P. The second-order valence-electron chi connectivity index (χ2n) is 20.9. The molecule has 0 bridgehead atoms. The molecule has 21 nitrogen and oxygen atoms in total. The van der Waals surface area contributed by atoms with E-state index in [1.165, 1.54) is 29.2 Å². The maximum absolute atomic E-state index is 10.5. The fourth-order valence-corrected chi connectivity index (χ4v) is 7.73. The van der Waals surface area contributed by atoms with Crippen LogP contribution in [-0.4, -0.2) is 188 Å². The van der Waals surface area contributed by atoms with Gasteiger partial charge >= 0.3 is 144 Å². The number of benzene rings is 2. The van der Waals surface area contributed by atoms with Gasteiger partial charge in [-0.15, -0.1) is 9.18 Å². The predicted octanol–water partition coefficient (Wildman–Crippen LogP) is -0.913. The number of hydrogen-bond acceptors (Lipinski definition) is 21. The summed E-state index contributed by atoms with van der Waals surface area (Å²) in [6.45, 7) is 27.5. The van der Waals surface area contributed by atoms with Crippen molar-refractivity contribution in [2.24, 2.45) is 32.5 Å². The van der Waals surface area contributed by atoms with Crippen molar-refractivity contribution in [3.8, 4) is 0 Å². The largest absolute Gasteiger partial charge is 1.00 e. The number of rotatable bonds is 24. The van der Waals surface area contributed by atoms with Gasteiger partial charge < -0.3 is 90.3 Å². The van der Waals surface area contributed by atoms with E-state index in [9.17, 15) is 9.59 Å². The minimum absolute atomic E-state index is 0. The van der Waals surface area contributed by atoms with Crippen LogP contribution in [0, 0.1) is 32.5 Å². The number of cyclic esters (lactones) is 2. The summed E-state index contributed by atoms with van der Waals surface area (Å²) >= 11 is 6.78. The molecule has 7 N–H and O–H groups in total. The van der Waals surface area contributed by atoms with Crippen LogP contribution in [0.25, 0.3) is 0 Å². The van der Waals surface area contributed by atoms with Crippen molar-refractivity contribution < 1.29 is 238 Å². The van der Waals surface area contributed by atoms with E-state index in [2.05, 4.69) is 127 Å². The first kappa shape index (κ1) is 99.8. The van der Waals surface area contributed by atoms with Gasteiger partial charge in [0.2, 0.25) is 0 Å². The number of aliphatic hydroxyl groups is 6. The van der Waals surface area contributed by atoms with E-state index in [0.717, 1.165) is 109 Å². The van der Waals surface area contributed by atoms with Crippen LogP contribution in [0.4, 0.5) is 4.79 Å². The number of alkyl halides is 2. The third-order valence-electron chi connectivity index (χ3n) is 14.9. The van der Waals surface area contributed by atoms with E-state index in [1.807, 2.05) is 20.5 Å². The van der Waals surface area contributed by atoms with E-state index in [4.69, 9.17) is 70.4 Å². The van der Waals surface area contributed by atoms with Crippen LogP contribution in [0.2, 0.25) is 0 Å². The molecule has 0 spiro atoms. The number of hydrogen-bond donors (Lipinski definition) is 6. The molecule has 5 heterocycles. The van der Waals surface area contributed by atoms with Gasteiger partial charge in [0.25, 0.3) is 6.47 Å². The molecule has 0 amide bonds. The van der Waals surface area contributed by atoms with E-state index < -0.39 is 11.6 Å². The molecule has 27 heteroatoms. The topological polar surface area (TPSA) is 318 Å². The summed E-state index contributed by atoms with van der Waals surface area (Å²) in [5, 5.41) is 62.7. The van der Waals surface area contributed by atoms with Crippen LogP contribution in [0.5, 0.6) is 0 Å². The van der Waals surface area contributed by atoms with Gasteiger partial charge in [0, 0.05) is 46.1 Å². The molecular weight excluding hydrogens is 1350 g/mol. The molecule has 0 aromatic heterocycles. The summed E-state index contributed by atoms with van der Waals surface area (Å²) < 4.78 is 52.3. The van der Waals surface area contributed by atoms with E-state index in [1.54, 1.807) is 6.92 Å². The first-order valence-corrected chi connectivity index (χ1v) is 31.2. The summed E-state index contributed by atoms with van der Waals surface area (Å²) in [5.41, 5.74) is 4.83. The summed E-state index contributed by atoms with van der Waals surface area (Å²) in [6.07, 6.45) is 5.00. The van der Waals surface area contributed by atoms with E-state index >= 15 is 0 Å². The normalized spacial score (nSPS) is 16.7. The Labute approximate surface area is 651 Å². The molecule has 5 fully saturated rings. The third-order valence-corrected chi connectivity index (χ3v) is 16.2. The minimum atomic E-state index is -0.667. The summed E-state index contributed by atoms with van der Waals surface area (Å²) in [7, 11) is 0.333. The molecule has 0 radical (unpaired) electrons. The Hall–Kier alpha value is 1.75. The van der Waals surface area contributed by atoms with E-state index in [-0.39, 0.29) is 240 Å². The van der Waals surface area contributed by atoms with Gasteiger partial charge in [0.1, 0.15) is 13.2 Å². The first-order valence-electron chi connectivity index (χ1n) is 28.4. The van der Waals surface area contributed by atoms with Crippen molar-refractivity contribution in [2.75, 3.05) is 132 Å². The summed E-state index contributed by atoms with van der Waals surface area (Å²) in [5.74, 6) is -0.211. The molecule has 87 heavy (non-hydrogen) atoms. The van der Waals surface area contributed by atoms with E-state index in [0.29, 0.717) is 35.4 Å². The van der Waals surface area contributed by atoms with Crippen LogP contribution in [0.1, 0.15) is 126 Å². The van der Waals surface area contributed by atoms with Gasteiger partial charge in [0.05, 0.1) is 132 Å². The molecule has 5 aliphatic rings. The zero-order chi connectivity index (χ0) is 63.1. The molecule has 7 rings (SSSR count). The number of halogens is 2. The fourth-order valence-electron chi connectivity index (χ4n) is 6.98. The van der Waals surface area contributed by atoms with Crippen LogP contribution >= 0.6 is 41.0 Å². The summed E-state index contributed by atoms with van der Waals surface area (Å²) in [4.78, 5) is 31.5. The van der Waals surface area contributed by atoms with Gasteiger partial charge in [-0.3, -0.25) is 9.59 Å². The van der Waals surface area contributed by atoms with Gasteiger partial charge in [0.15, 0.2) is 0 Å². The maximum atomic E-state index is 10.5. The molecule has 2 aromatic rings. The quantitative estimate of drug-likeness (QED) is 0.0141. The predicted molar refractivity (Wildman–Crippen MR) is 334 cm³/mol. The monoisotopic (exact) mass is 1460 g/mol. The SMILES string of the molecule is BrCc1ccc(CBr)cc1.C.CCC(CO)(CO)CO.CCC1(CO)COC(=O)OC1.CCC1(CO)COC1.CCC1(CO)COC1.CCC1(COCc2ccc(COCC3(CC)COC3)cc2)COC1.CCOC(C)=O.O=CO[O-].[2HH].[3H]PC.[H-].[K+].[K+].[Na+].[OH-]. The van der Waals surface area contributed by atoms with Crippen molar-refractivity contribution >= 4 is 59.6 Å². The molecule has 2 aromatic carbocycles. The summed E-state index contributed by atoms with van der Waals surface area (Å²) in [6, 6.07) is 17.1. The molecule has 5 aliphatic heterocycles. The average molecular weight is 1460 g/mol. The molecule has 498 valence electrons. The molecule has 5 saturated heterocycles. The molecule has 1 atom stereocenters. The van der Waals surface area contributed by atoms with Crippen LogP contribution < -0.4 is 138 Å². The van der Waals surface area contributed by atoms with Crippen LogP contribution in [-0.2, 0) is 81.0 Å². The minimum Gasteiger partial charge on any atom is -1.00 e. The zero-order valence-corrected chi connectivity index (χ0v) is 66.2. The second-order valence-corrected chi connectivity index (χ2v) is 22.0. The maximum Gasteiger partial charge on any atom is 1.00 e. The van der Waals surface area contributed by atoms with Crippen molar-refractivity contribution in [3.05, 3.63) is 70.8 Å². The van der Waals surface area contributed by atoms with Gasteiger partial charge in [-0.2, -0.15) is 0 Å². The Bertz CT molecular complexity index is 1760. The Morgan fingerprint density at radius 1 is 0.632 bits per heavy atom. The van der Waals surface area contributed by atoms with Crippen molar-refractivity contribution in [1.29, 1.82) is 1.28 Å². The number of carbonyl (C=O) groups excluding carboxylic acids is 3. The molecule has 0 aliphatic carbocycles. The Kier molecular flexibility index (Phi) is 70.4.